The Morgan fingerprint density at radius 2 is 2.00 bits per heavy atom. The summed E-state index contributed by atoms with van der Waals surface area (Å²) in [5.41, 5.74) is -0.0292. The average molecular weight is 283 g/mol. The van der Waals surface area contributed by atoms with Gasteiger partial charge in [0.1, 0.15) is 0 Å². The second-order valence-electron chi connectivity index (χ2n) is 7.65. The van der Waals surface area contributed by atoms with E-state index in [0.29, 0.717) is 18.1 Å². The smallest absolute Gasteiger partial charge is 0.0677 e. The van der Waals surface area contributed by atoms with E-state index in [-0.39, 0.29) is 11.2 Å². The van der Waals surface area contributed by atoms with E-state index in [1.807, 2.05) is 0 Å². The molecule has 3 atom stereocenters. The summed E-state index contributed by atoms with van der Waals surface area (Å²) in [5.74, 6) is 0.582. The summed E-state index contributed by atoms with van der Waals surface area (Å²) in [6.07, 6.45) is 6.51. The summed E-state index contributed by atoms with van der Waals surface area (Å²) in [6, 6.07) is 0.543. The molecule has 118 valence electrons. The zero-order chi connectivity index (χ0) is 14.8. The summed E-state index contributed by atoms with van der Waals surface area (Å²) in [7, 11) is 0. The lowest BCUT2D eigenvalue weighted by Gasteiger charge is -2.34. The number of rotatable bonds is 6. The molecule has 0 aromatic rings. The minimum Gasteiger partial charge on any atom is -0.378 e. The standard InChI is InChI=1S/C17H33NO2/c1-6-18-15(10-9-13-8-7-11-19-13)14-12-16(2,3)20-17(14,4)5/h13-15,18H,6-12H2,1-5H3. The number of ether oxygens (including phenoxy) is 2. The van der Waals surface area contributed by atoms with Gasteiger partial charge in [-0.3, -0.25) is 0 Å². The molecule has 0 saturated carbocycles. The first kappa shape index (κ1) is 16.3. The lowest BCUT2D eigenvalue weighted by atomic mass is 9.79. The Morgan fingerprint density at radius 3 is 2.50 bits per heavy atom. The largest absolute Gasteiger partial charge is 0.378 e. The summed E-state index contributed by atoms with van der Waals surface area (Å²) in [6.45, 7) is 13.1. The van der Waals surface area contributed by atoms with Crippen LogP contribution in [0.4, 0.5) is 0 Å². The summed E-state index contributed by atoms with van der Waals surface area (Å²) in [4.78, 5) is 0. The molecule has 2 fully saturated rings. The summed E-state index contributed by atoms with van der Waals surface area (Å²) in [5, 5.41) is 3.71. The van der Waals surface area contributed by atoms with Crippen LogP contribution in [0.25, 0.3) is 0 Å². The van der Waals surface area contributed by atoms with Crippen LogP contribution in [0.1, 0.15) is 66.7 Å². The Balaban J connectivity index is 1.96. The minimum atomic E-state index is -0.0349. The summed E-state index contributed by atoms with van der Waals surface area (Å²) >= 11 is 0. The molecule has 0 bridgehead atoms. The first-order chi connectivity index (χ1) is 9.34. The minimum absolute atomic E-state index is 0.00565. The maximum absolute atomic E-state index is 6.28. The van der Waals surface area contributed by atoms with Crippen LogP contribution in [0, 0.1) is 5.92 Å². The first-order valence-corrected chi connectivity index (χ1v) is 8.39. The molecule has 0 aromatic carbocycles. The van der Waals surface area contributed by atoms with E-state index in [2.05, 4.69) is 39.9 Å². The van der Waals surface area contributed by atoms with Gasteiger partial charge in [0, 0.05) is 18.6 Å². The van der Waals surface area contributed by atoms with Crippen LogP contribution in [-0.4, -0.2) is 36.5 Å². The maximum Gasteiger partial charge on any atom is 0.0677 e. The fourth-order valence-corrected chi connectivity index (χ4v) is 4.18. The van der Waals surface area contributed by atoms with Crippen LogP contribution < -0.4 is 5.32 Å². The van der Waals surface area contributed by atoms with Gasteiger partial charge in [-0.05, 0) is 66.3 Å². The third-order valence-electron chi connectivity index (χ3n) is 4.92. The van der Waals surface area contributed by atoms with Crippen molar-refractivity contribution in [3.63, 3.8) is 0 Å². The molecular weight excluding hydrogens is 250 g/mol. The van der Waals surface area contributed by atoms with Gasteiger partial charge in [0.2, 0.25) is 0 Å². The predicted molar refractivity (Wildman–Crippen MR) is 83.0 cm³/mol. The van der Waals surface area contributed by atoms with Gasteiger partial charge in [0.25, 0.3) is 0 Å². The molecule has 3 heteroatoms. The quantitative estimate of drug-likeness (QED) is 0.809. The van der Waals surface area contributed by atoms with Gasteiger partial charge < -0.3 is 14.8 Å². The molecule has 2 aliphatic heterocycles. The third-order valence-corrected chi connectivity index (χ3v) is 4.92. The highest BCUT2D eigenvalue weighted by atomic mass is 16.5. The molecule has 2 aliphatic rings. The van der Waals surface area contributed by atoms with E-state index < -0.39 is 0 Å². The van der Waals surface area contributed by atoms with E-state index in [1.54, 1.807) is 0 Å². The molecule has 0 radical (unpaired) electrons. The monoisotopic (exact) mass is 283 g/mol. The van der Waals surface area contributed by atoms with Crippen molar-refractivity contribution in [3.8, 4) is 0 Å². The fraction of sp³-hybridized carbons (Fsp3) is 1.00. The van der Waals surface area contributed by atoms with Gasteiger partial charge in [-0.1, -0.05) is 6.92 Å². The maximum atomic E-state index is 6.28. The van der Waals surface area contributed by atoms with Crippen LogP contribution >= 0.6 is 0 Å². The fourth-order valence-electron chi connectivity index (χ4n) is 4.18. The Hall–Kier alpha value is -0.120. The Labute approximate surface area is 124 Å². The molecule has 20 heavy (non-hydrogen) atoms. The SMILES string of the molecule is CCNC(CCC1CCCO1)C1CC(C)(C)OC1(C)C. The molecule has 3 unspecified atom stereocenters. The highest BCUT2D eigenvalue weighted by molar-refractivity contribution is 4.99. The lowest BCUT2D eigenvalue weighted by molar-refractivity contribution is -0.0781. The van der Waals surface area contributed by atoms with Gasteiger partial charge in [-0.25, -0.2) is 0 Å². The van der Waals surface area contributed by atoms with Crippen molar-refractivity contribution in [3.05, 3.63) is 0 Å². The van der Waals surface area contributed by atoms with Crippen molar-refractivity contribution in [2.24, 2.45) is 5.92 Å². The van der Waals surface area contributed by atoms with Crippen molar-refractivity contribution in [1.29, 1.82) is 0 Å². The van der Waals surface area contributed by atoms with Crippen molar-refractivity contribution in [2.45, 2.75) is 90.1 Å². The second-order valence-corrected chi connectivity index (χ2v) is 7.65. The van der Waals surface area contributed by atoms with Gasteiger partial charge >= 0.3 is 0 Å². The molecular formula is C17H33NO2. The molecule has 0 spiro atoms. The number of hydrogen-bond acceptors (Lipinski definition) is 3. The summed E-state index contributed by atoms with van der Waals surface area (Å²) < 4.78 is 12.1. The zero-order valence-electron chi connectivity index (χ0n) is 14.0. The van der Waals surface area contributed by atoms with Crippen molar-refractivity contribution < 1.29 is 9.47 Å². The van der Waals surface area contributed by atoms with E-state index in [1.165, 1.54) is 25.7 Å². The van der Waals surface area contributed by atoms with Gasteiger partial charge in [0.15, 0.2) is 0 Å². The van der Waals surface area contributed by atoms with E-state index in [9.17, 15) is 0 Å². The van der Waals surface area contributed by atoms with Gasteiger partial charge in [-0.2, -0.15) is 0 Å². The van der Waals surface area contributed by atoms with Crippen LogP contribution in [0.3, 0.4) is 0 Å². The molecule has 2 saturated heterocycles. The Morgan fingerprint density at radius 1 is 1.25 bits per heavy atom. The molecule has 3 nitrogen and oxygen atoms in total. The molecule has 2 rings (SSSR count). The Kier molecular flexibility index (Phi) is 5.14. The first-order valence-electron chi connectivity index (χ1n) is 8.39. The third kappa shape index (κ3) is 3.96. The highest BCUT2D eigenvalue weighted by Gasteiger charge is 2.48. The molecule has 0 amide bonds. The average Bonchev–Trinajstić information content (AvgIpc) is 2.90. The lowest BCUT2D eigenvalue weighted by Crippen LogP contribution is -2.44. The van der Waals surface area contributed by atoms with Crippen molar-refractivity contribution in [1.82, 2.24) is 5.32 Å². The van der Waals surface area contributed by atoms with Crippen LogP contribution in [-0.2, 0) is 9.47 Å². The molecule has 0 aromatic heterocycles. The van der Waals surface area contributed by atoms with E-state index in [4.69, 9.17) is 9.47 Å². The molecule has 1 N–H and O–H groups in total. The molecule has 2 heterocycles. The normalized spacial score (nSPS) is 33.5. The topological polar surface area (TPSA) is 30.5 Å². The predicted octanol–water partition coefficient (Wildman–Crippen LogP) is 3.52. The van der Waals surface area contributed by atoms with Gasteiger partial charge in [-0.15, -0.1) is 0 Å². The number of nitrogens with one attached hydrogen (secondary N) is 1. The van der Waals surface area contributed by atoms with E-state index >= 15 is 0 Å². The van der Waals surface area contributed by atoms with E-state index in [0.717, 1.165) is 19.6 Å². The Bertz CT molecular complexity index is 308. The van der Waals surface area contributed by atoms with Crippen LogP contribution in [0.2, 0.25) is 0 Å². The second kappa shape index (κ2) is 6.33. The van der Waals surface area contributed by atoms with Crippen LogP contribution in [0.15, 0.2) is 0 Å². The molecule has 0 aliphatic carbocycles. The zero-order valence-corrected chi connectivity index (χ0v) is 14.0. The van der Waals surface area contributed by atoms with Crippen molar-refractivity contribution in [2.75, 3.05) is 13.2 Å². The number of hydrogen-bond donors (Lipinski definition) is 1. The van der Waals surface area contributed by atoms with Crippen LogP contribution in [0.5, 0.6) is 0 Å². The van der Waals surface area contributed by atoms with Crippen molar-refractivity contribution >= 4 is 0 Å². The van der Waals surface area contributed by atoms with Gasteiger partial charge in [0.05, 0.1) is 17.3 Å². The highest BCUT2D eigenvalue weighted by Crippen LogP contribution is 2.44.